The van der Waals surface area contributed by atoms with Crippen LogP contribution in [0.5, 0.6) is 0 Å². The number of sulfonamides is 1. The molecule has 0 atom stereocenters. The Morgan fingerprint density at radius 3 is 2.74 bits per heavy atom. The lowest BCUT2D eigenvalue weighted by molar-refractivity contribution is 0.0937. The predicted octanol–water partition coefficient (Wildman–Crippen LogP) is 1.47. The highest BCUT2D eigenvalue weighted by Crippen LogP contribution is 2.15. The Balaban J connectivity index is 2.07. The van der Waals surface area contributed by atoms with E-state index in [-0.39, 0.29) is 4.21 Å². The molecule has 0 aliphatic heterocycles. The molecule has 2 aromatic rings. The number of amides is 1. The van der Waals surface area contributed by atoms with Crippen molar-refractivity contribution >= 4 is 43.2 Å². The van der Waals surface area contributed by atoms with Gasteiger partial charge in [-0.2, -0.15) is 0 Å². The first-order valence-electron chi connectivity index (χ1n) is 5.07. The maximum absolute atomic E-state index is 11.8. The molecular formula is C10H10BrN3O3S2. The van der Waals surface area contributed by atoms with Crippen molar-refractivity contribution in [3.05, 3.63) is 39.9 Å². The first-order chi connectivity index (χ1) is 8.90. The molecule has 0 aromatic carbocycles. The quantitative estimate of drug-likeness (QED) is 0.807. The smallest absolute Gasteiger partial charge is 0.282 e. The second-order valence-corrected chi connectivity index (χ2v) is 7.42. The summed E-state index contributed by atoms with van der Waals surface area (Å²) < 4.78 is 26.0. The Morgan fingerprint density at radius 2 is 2.21 bits per heavy atom. The van der Waals surface area contributed by atoms with Crippen molar-refractivity contribution in [1.29, 1.82) is 0 Å². The van der Waals surface area contributed by atoms with E-state index in [1.807, 2.05) is 0 Å². The predicted molar refractivity (Wildman–Crippen MR) is 75.2 cm³/mol. The van der Waals surface area contributed by atoms with Crippen LogP contribution in [0, 0.1) is 0 Å². The normalized spacial score (nSPS) is 11.5. The van der Waals surface area contributed by atoms with Gasteiger partial charge in [-0.05, 0) is 33.4 Å². The van der Waals surface area contributed by atoms with Crippen LogP contribution >= 0.6 is 27.3 Å². The summed E-state index contributed by atoms with van der Waals surface area (Å²) in [5.41, 5.74) is 2.50. The zero-order valence-electron chi connectivity index (χ0n) is 9.75. The molecule has 0 unspecified atom stereocenters. The monoisotopic (exact) mass is 363 g/mol. The van der Waals surface area contributed by atoms with E-state index in [0.717, 1.165) is 15.8 Å². The number of aryl methyl sites for hydroxylation is 1. The summed E-state index contributed by atoms with van der Waals surface area (Å²) >= 11 is 4.31. The number of hydrogen-bond acceptors (Lipinski definition) is 4. The second kappa shape index (κ2) is 5.45. The van der Waals surface area contributed by atoms with Crippen molar-refractivity contribution in [2.75, 3.05) is 0 Å². The summed E-state index contributed by atoms with van der Waals surface area (Å²) in [6, 6.07) is 4.67. The van der Waals surface area contributed by atoms with E-state index in [2.05, 4.69) is 26.2 Å². The minimum absolute atomic E-state index is 0.140. The van der Waals surface area contributed by atoms with Gasteiger partial charge in [-0.1, -0.05) is 6.07 Å². The molecule has 0 aliphatic carbocycles. The van der Waals surface area contributed by atoms with E-state index < -0.39 is 15.9 Å². The van der Waals surface area contributed by atoms with E-state index in [1.165, 1.54) is 6.07 Å². The lowest BCUT2D eigenvalue weighted by Gasteiger charge is -2.07. The lowest BCUT2D eigenvalue weighted by Crippen LogP contribution is -2.41. The Hall–Kier alpha value is -1.16. The van der Waals surface area contributed by atoms with Gasteiger partial charge in [0, 0.05) is 17.7 Å². The number of aromatic nitrogens is 1. The third-order valence-electron chi connectivity index (χ3n) is 2.26. The van der Waals surface area contributed by atoms with Crippen molar-refractivity contribution in [3.8, 4) is 0 Å². The van der Waals surface area contributed by atoms with E-state index >= 15 is 0 Å². The lowest BCUT2D eigenvalue weighted by atomic mass is 10.4. The summed E-state index contributed by atoms with van der Waals surface area (Å²) in [4.78, 5) is 13.9. The molecule has 0 fully saturated rings. The van der Waals surface area contributed by atoms with Crippen LogP contribution in [0.15, 0.2) is 38.5 Å². The summed E-state index contributed by atoms with van der Waals surface area (Å²) in [6.45, 7) is 0. The Kier molecular flexibility index (Phi) is 4.09. The van der Waals surface area contributed by atoms with Gasteiger partial charge in [0.05, 0.1) is 0 Å². The van der Waals surface area contributed by atoms with Crippen LogP contribution in [0.1, 0.15) is 10.5 Å². The highest BCUT2D eigenvalue weighted by atomic mass is 79.9. The van der Waals surface area contributed by atoms with Crippen LogP contribution in [-0.4, -0.2) is 18.9 Å². The van der Waals surface area contributed by atoms with E-state index in [1.54, 1.807) is 35.3 Å². The van der Waals surface area contributed by atoms with E-state index in [4.69, 9.17) is 0 Å². The Labute approximate surface area is 122 Å². The molecule has 2 heterocycles. The fourth-order valence-electron chi connectivity index (χ4n) is 1.39. The average Bonchev–Trinajstić information content (AvgIpc) is 2.96. The van der Waals surface area contributed by atoms with Crippen LogP contribution < -0.4 is 10.3 Å². The van der Waals surface area contributed by atoms with Crippen LogP contribution in [0.3, 0.4) is 0 Å². The van der Waals surface area contributed by atoms with Gasteiger partial charge < -0.3 is 4.57 Å². The van der Waals surface area contributed by atoms with E-state index in [0.29, 0.717) is 5.69 Å². The molecule has 2 N–H and O–H groups in total. The van der Waals surface area contributed by atoms with Crippen LogP contribution in [0.4, 0.5) is 0 Å². The highest BCUT2D eigenvalue weighted by Gasteiger charge is 2.17. The molecule has 0 radical (unpaired) electrons. The number of carbonyl (C=O) groups is 1. The first-order valence-corrected chi connectivity index (χ1v) is 8.23. The number of rotatable bonds is 4. The maximum Gasteiger partial charge on any atom is 0.282 e. The summed E-state index contributed by atoms with van der Waals surface area (Å²) in [6.07, 6.45) is 1.70. The minimum Gasteiger partial charge on any atom is -0.345 e. The molecule has 102 valence electrons. The average molecular weight is 364 g/mol. The van der Waals surface area contributed by atoms with Gasteiger partial charge in [0.1, 0.15) is 9.90 Å². The molecule has 19 heavy (non-hydrogen) atoms. The number of nitrogens with one attached hydrogen (secondary N) is 2. The third-order valence-corrected chi connectivity index (χ3v) is 5.34. The molecule has 2 rings (SSSR count). The van der Waals surface area contributed by atoms with Gasteiger partial charge in [-0.15, -0.1) is 16.2 Å². The summed E-state index contributed by atoms with van der Waals surface area (Å²) in [7, 11) is -2.02. The number of hydrogen-bond donors (Lipinski definition) is 2. The molecule has 0 saturated heterocycles. The van der Waals surface area contributed by atoms with Crippen LogP contribution in [0.2, 0.25) is 0 Å². The van der Waals surface area contributed by atoms with Gasteiger partial charge in [-0.3, -0.25) is 10.2 Å². The van der Waals surface area contributed by atoms with Gasteiger partial charge in [0.15, 0.2) is 0 Å². The number of halogens is 1. The number of carbonyl (C=O) groups excluding carboxylic acids is 1. The van der Waals surface area contributed by atoms with Crippen molar-refractivity contribution in [2.45, 2.75) is 4.21 Å². The minimum atomic E-state index is -3.71. The zero-order valence-corrected chi connectivity index (χ0v) is 13.0. The fraction of sp³-hybridized carbons (Fsp3) is 0.100. The van der Waals surface area contributed by atoms with Gasteiger partial charge >= 0.3 is 0 Å². The number of hydrazine groups is 1. The largest absolute Gasteiger partial charge is 0.345 e. The maximum atomic E-state index is 11.8. The van der Waals surface area contributed by atoms with Crippen LogP contribution in [0.25, 0.3) is 0 Å². The molecular weight excluding hydrogens is 354 g/mol. The first kappa shape index (κ1) is 14.3. The fourth-order valence-corrected chi connectivity index (χ4v) is 3.75. The van der Waals surface area contributed by atoms with Gasteiger partial charge in [0.2, 0.25) is 0 Å². The van der Waals surface area contributed by atoms with Crippen LogP contribution in [-0.2, 0) is 17.1 Å². The molecule has 9 heteroatoms. The molecule has 0 spiro atoms. The topological polar surface area (TPSA) is 80.2 Å². The van der Waals surface area contributed by atoms with Crippen molar-refractivity contribution < 1.29 is 13.2 Å². The van der Waals surface area contributed by atoms with Gasteiger partial charge in [0.25, 0.3) is 15.9 Å². The highest BCUT2D eigenvalue weighted by molar-refractivity contribution is 9.10. The van der Waals surface area contributed by atoms with Crippen molar-refractivity contribution in [3.63, 3.8) is 0 Å². The number of nitrogens with zero attached hydrogens (tertiary/aromatic N) is 1. The summed E-state index contributed by atoms with van der Waals surface area (Å²) in [5, 5.41) is 1.64. The Bertz CT molecular complexity index is 692. The second-order valence-electron chi connectivity index (χ2n) is 3.65. The molecule has 0 bridgehead atoms. The molecule has 0 saturated carbocycles. The summed E-state index contributed by atoms with van der Waals surface area (Å²) in [5.74, 6) is -0.534. The standard InChI is InChI=1S/C10H10BrN3O3S2/c1-14-6-7(11)5-8(14)10(15)12-13-19(16,17)9-3-2-4-18-9/h2-6,13H,1H3,(H,12,15). The zero-order chi connectivity index (χ0) is 14.0. The molecule has 0 aliphatic rings. The van der Waals surface area contributed by atoms with Crippen molar-refractivity contribution in [1.82, 2.24) is 14.8 Å². The molecule has 6 nitrogen and oxygen atoms in total. The SMILES string of the molecule is Cn1cc(Br)cc1C(=O)NNS(=O)(=O)c1cccs1. The van der Waals surface area contributed by atoms with E-state index in [9.17, 15) is 13.2 Å². The molecule has 1 amide bonds. The van der Waals surface area contributed by atoms with Crippen molar-refractivity contribution in [2.24, 2.45) is 7.05 Å². The third kappa shape index (κ3) is 3.24. The number of thiophene rings is 1. The Morgan fingerprint density at radius 1 is 1.47 bits per heavy atom. The molecule has 2 aromatic heterocycles. The van der Waals surface area contributed by atoms with Gasteiger partial charge in [-0.25, -0.2) is 8.42 Å².